The fourth-order valence-electron chi connectivity index (χ4n) is 1.20. The molecule has 1 aliphatic carbocycles. The highest BCUT2D eigenvalue weighted by molar-refractivity contribution is 5.79. The largest absolute Gasteiger partial charge is 0.380 e. The van der Waals surface area contributed by atoms with Gasteiger partial charge in [0, 0.05) is 45.3 Å². The second-order valence-electron chi connectivity index (χ2n) is 2.82. The van der Waals surface area contributed by atoms with Gasteiger partial charge in [0.25, 0.3) is 0 Å². The number of aliphatic imine (C=N–C) groups is 1. The van der Waals surface area contributed by atoms with Crippen LogP contribution in [-0.2, 0) is 0 Å². The number of nitrogens with zero attached hydrogens (tertiary/aromatic N) is 2. The van der Waals surface area contributed by atoms with E-state index >= 15 is 0 Å². The second-order valence-corrected chi connectivity index (χ2v) is 2.82. The van der Waals surface area contributed by atoms with Gasteiger partial charge in [-0.2, -0.15) is 0 Å². The molecule has 0 saturated heterocycles. The van der Waals surface area contributed by atoms with Gasteiger partial charge in [0.1, 0.15) is 6.04 Å². The lowest BCUT2D eigenvalue weighted by molar-refractivity contribution is 0.507. The molecule has 1 aliphatic heterocycles. The lowest BCUT2D eigenvalue weighted by Gasteiger charge is -2.26. The van der Waals surface area contributed by atoms with Gasteiger partial charge in [0.05, 0.1) is 5.92 Å². The van der Waals surface area contributed by atoms with Crippen molar-refractivity contribution in [1.29, 1.82) is 0 Å². The Morgan fingerprint density at radius 2 is 2.17 bits per heavy atom. The molecule has 2 aliphatic rings. The third-order valence-electron chi connectivity index (χ3n) is 1.78. The second kappa shape index (κ2) is 2.92. The average molecular weight is 156 g/mol. The average Bonchev–Trinajstić information content (AvgIpc) is 2.49. The molecular weight excluding hydrogens is 148 g/mol. The van der Waals surface area contributed by atoms with Crippen LogP contribution >= 0.6 is 0 Å². The summed E-state index contributed by atoms with van der Waals surface area (Å²) in [6.45, 7) is 0. The van der Waals surface area contributed by atoms with Crippen molar-refractivity contribution in [3.05, 3.63) is 43.0 Å². The van der Waals surface area contributed by atoms with Crippen LogP contribution in [0.3, 0.4) is 0 Å². The van der Waals surface area contributed by atoms with E-state index in [9.17, 15) is 0 Å². The van der Waals surface area contributed by atoms with Gasteiger partial charge in [-0.25, -0.2) is 0 Å². The molecular formula is C10H8N2. The highest BCUT2D eigenvalue weighted by Crippen LogP contribution is 2.41. The fourth-order valence-corrected chi connectivity index (χ4v) is 1.20. The van der Waals surface area contributed by atoms with Crippen molar-refractivity contribution in [2.45, 2.75) is 0 Å². The van der Waals surface area contributed by atoms with Crippen LogP contribution in [0.1, 0.15) is 0 Å². The van der Waals surface area contributed by atoms with Crippen LogP contribution in [0.15, 0.2) is 16.8 Å². The van der Waals surface area contributed by atoms with Crippen molar-refractivity contribution < 1.29 is 0 Å². The van der Waals surface area contributed by atoms with Crippen molar-refractivity contribution in [3.8, 4) is 0 Å². The molecule has 12 heavy (non-hydrogen) atoms. The zero-order valence-electron chi connectivity index (χ0n) is 7.05. The number of dihydropyridines is 1. The first-order valence-electron chi connectivity index (χ1n) is 3.72. The molecule has 2 nitrogen and oxygen atoms in total. The molecule has 0 spiro atoms. The fraction of sp³-hybridized carbons (Fsp3) is 0.200. The zero-order valence-corrected chi connectivity index (χ0v) is 7.05. The Labute approximate surface area is 74.0 Å². The minimum Gasteiger partial charge on any atom is -0.380 e. The monoisotopic (exact) mass is 156 g/mol. The summed E-state index contributed by atoms with van der Waals surface area (Å²) in [6, 6.07) is 0.834. The maximum Gasteiger partial charge on any atom is 0.108 e. The Bertz CT molecular complexity index is 228. The Hall–Kier alpha value is -0.790. The molecule has 1 heterocycles. The van der Waals surface area contributed by atoms with Gasteiger partial charge in [-0.3, -0.25) is 4.99 Å². The number of rotatable bonds is 1. The number of fused-ring (bicyclic) bond motifs is 1. The van der Waals surface area contributed by atoms with Gasteiger partial charge in [0.2, 0.25) is 0 Å². The molecule has 1 saturated carbocycles. The molecule has 0 aromatic carbocycles. The number of hydrogen-bond donors (Lipinski definition) is 0. The first-order chi connectivity index (χ1) is 5.79. The molecule has 0 aromatic rings. The first kappa shape index (κ1) is 7.84. The summed E-state index contributed by atoms with van der Waals surface area (Å²) in [5.74, 6) is 0.988. The molecule has 1 fully saturated rings. The Morgan fingerprint density at radius 1 is 1.33 bits per heavy atom. The topological polar surface area (TPSA) is 15.6 Å². The number of allylic oxidation sites excluding steroid dienone is 1. The van der Waals surface area contributed by atoms with Crippen LogP contribution in [0.5, 0.6) is 0 Å². The Kier molecular flexibility index (Phi) is 1.91. The first-order valence-corrected chi connectivity index (χ1v) is 3.72. The molecule has 58 valence electrons. The van der Waals surface area contributed by atoms with Gasteiger partial charge < -0.3 is 4.90 Å². The summed E-state index contributed by atoms with van der Waals surface area (Å²) in [5, 5.41) is 0. The van der Waals surface area contributed by atoms with Crippen molar-refractivity contribution in [3.63, 3.8) is 0 Å². The molecule has 8 radical (unpaired) electrons. The van der Waals surface area contributed by atoms with Crippen LogP contribution in [0, 0.1) is 31.2 Å². The van der Waals surface area contributed by atoms with E-state index in [2.05, 4.69) is 24.3 Å². The Morgan fingerprint density at radius 3 is 2.92 bits per heavy atom. The van der Waals surface area contributed by atoms with Crippen molar-refractivity contribution in [2.24, 2.45) is 4.99 Å². The van der Waals surface area contributed by atoms with Crippen molar-refractivity contribution in [1.82, 2.24) is 4.90 Å². The minimum absolute atomic E-state index is 0.834. The summed E-state index contributed by atoms with van der Waals surface area (Å²) in [7, 11) is 3.99. The molecule has 0 amide bonds. The maximum atomic E-state index is 4.14. The summed E-state index contributed by atoms with van der Waals surface area (Å²) < 4.78 is 0. The highest BCUT2D eigenvalue weighted by atomic mass is 15.1. The summed E-state index contributed by atoms with van der Waals surface area (Å²) >= 11 is 0. The van der Waals surface area contributed by atoms with E-state index in [4.69, 9.17) is 0 Å². The van der Waals surface area contributed by atoms with Gasteiger partial charge >= 0.3 is 0 Å². The van der Waals surface area contributed by atoms with Crippen LogP contribution in [0.4, 0.5) is 0 Å². The highest BCUT2D eigenvalue weighted by Gasteiger charge is 2.35. The molecule has 0 bridgehead atoms. The third-order valence-corrected chi connectivity index (χ3v) is 1.78. The summed E-state index contributed by atoms with van der Waals surface area (Å²) in [4.78, 5) is 6.17. The third kappa shape index (κ3) is 1.15. The van der Waals surface area contributed by atoms with E-state index in [0.29, 0.717) is 0 Å². The molecule has 0 aromatic heterocycles. The quantitative estimate of drug-likeness (QED) is 0.550. The molecule has 0 unspecified atom stereocenters. The van der Waals surface area contributed by atoms with E-state index in [1.54, 1.807) is 6.21 Å². The SMILES string of the molecule is CN(C)C1=CC=N[C]2[C][C][C][C]21. The van der Waals surface area contributed by atoms with Gasteiger partial charge in [-0.05, 0) is 6.08 Å². The normalized spacial score (nSPS) is 24.0. The van der Waals surface area contributed by atoms with E-state index in [-0.39, 0.29) is 0 Å². The molecule has 0 N–H and O–H groups in total. The van der Waals surface area contributed by atoms with Crippen molar-refractivity contribution in [2.75, 3.05) is 14.1 Å². The van der Waals surface area contributed by atoms with Crippen LogP contribution < -0.4 is 0 Å². The summed E-state index contributed by atoms with van der Waals surface area (Å²) in [5.41, 5.74) is 1.11. The van der Waals surface area contributed by atoms with Gasteiger partial charge in [-0.15, -0.1) is 0 Å². The van der Waals surface area contributed by atoms with E-state index < -0.39 is 0 Å². The smallest absolute Gasteiger partial charge is 0.108 e. The van der Waals surface area contributed by atoms with Crippen LogP contribution in [0.25, 0.3) is 0 Å². The van der Waals surface area contributed by atoms with E-state index in [1.165, 1.54) is 0 Å². The van der Waals surface area contributed by atoms with Crippen molar-refractivity contribution >= 4 is 6.21 Å². The Balaban J connectivity index is 2.21. The molecule has 0 atom stereocenters. The lowest BCUT2D eigenvalue weighted by atomic mass is 9.97. The van der Waals surface area contributed by atoms with Crippen LogP contribution in [0.2, 0.25) is 0 Å². The lowest BCUT2D eigenvalue weighted by Crippen LogP contribution is -2.21. The predicted molar refractivity (Wildman–Crippen MR) is 46.5 cm³/mol. The van der Waals surface area contributed by atoms with Crippen LogP contribution in [-0.4, -0.2) is 25.2 Å². The minimum atomic E-state index is 0.834. The maximum absolute atomic E-state index is 4.14. The van der Waals surface area contributed by atoms with Gasteiger partial charge in [-0.1, -0.05) is 0 Å². The number of hydrogen-bond acceptors (Lipinski definition) is 2. The van der Waals surface area contributed by atoms with Gasteiger partial charge in [0.15, 0.2) is 0 Å². The predicted octanol–water partition coefficient (Wildman–Crippen LogP) is 0.880. The van der Waals surface area contributed by atoms with E-state index in [1.807, 2.05) is 25.1 Å². The summed E-state index contributed by atoms with van der Waals surface area (Å²) in [6.07, 6.45) is 12.4. The van der Waals surface area contributed by atoms with E-state index in [0.717, 1.165) is 17.7 Å². The molecule has 2 heteroatoms. The molecule has 2 rings (SSSR count). The standard InChI is InChI=1S/C10H8N2/c1-12(2)10-6-7-11-9-5-3-4-8(9)10/h6-7H,1-2H3. The zero-order chi connectivity index (χ0) is 8.55.